The van der Waals surface area contributed by atoms with Crippen molar-refractivity contribution in [1.29, 1.82) is 0 Å². The van der Waals surface area contributed by atoms with E-state index >= 15 is 0 Å². The standard InChI is InChI=1S/C12H15N5O3/c1-5(18)6-2-7(10(20)9(6)19)17-4-16-8-11(13)14-3-15-12(8)17/h2-5,7,9-10,18-20H,1H3,(H2,13,14,15)/t5-,7-,9-,10+/m1/s1. The Morgan fingerprint density at radius 3 is 2.70 bits per heavy atom. The summed E-state index contributed by atoms with van der Waals surface area (Å²) in [6.07, 6.45) is 1.40. The minimum atomic E-state index is -1.11. The van der Waals surface area contributed by atoms with Crippen molar-refractivity contribution in [3.63, 3.8) is 0 Å². The molecule has 3 rings (SSSR count). The summed E-state index contributed by atoms with van der Waals surface area (Å²) in [5.41, 5.74) is 7.00. The molecule has 4 atom stereocenters. The van der Waals surface area contributed by atoms with Gasteiger partial charge in [-0.2, -0.15) is 0 Å². The Hall–Kier alpha value is -2.03. The molecule has 0 saturated heterocycles. The lowest BCUT2D eigenvalue weighted by Crippen LogP contribution is -2.31. The quantitative estimate of drug-likeness (QED) is 0.517. The van der Waals surface area contributed by atoms with Gasteiger partial charge in [-0.1, -0.05) is 6.08 Å². The smallest absolute Gasteiger partial charge is 0.166 e. The third-order valence-electron chi connectivity index (χ3n) is 3.57. The molecular formula is C12H15N5O3. The van der Waals surface area contributed by atoms with Crippen LogP contribution in [0.4, 0.5) is 5.82 Å². The van der Waals surface area contributed by atoms with Crippen LogP contribution in [-0.2, 0) is 0 Å². The normalized spacial score (nSPS) is 27.8. The summed E-state index contributed by atoms with van der Waals surface area (Å²) in [4.78, 5) is 12.1. The first-order valence-electron chi connectivity index (χ1n) is 6.19. The van der Waals surface area contributed by atoms with Gasteiger partial charge in [-0.05, 0) is 12.5 Å². The van der Waals surface area contributed by atoms with Crippen molar-refractivity contribution in [1.82, 2.24) is 19.5 Å². The molecule has 106 valence electrons. The van der Waals surface area contributed by atoms with Crippen LogP contribution in [0, 0.1) is 0 Å². The Kier molecular flexibility index (Phi) is 2.93. The monoisotopic (exact) mass is 277 g/mol. The van der Waals surface area contributed by atoms with Crippen molar-refractivity contribution in [2.45, 2.75) is 31.3 Å². The fraction of sp³-hybridized carbons (Fsp3) is 0.417. The highest BCUT2D eigenvalue weighted by molar-refractivity contribution is 5.81. The number of hydrogen-bond acceptors (Lipinski definition) is 7. The molecule has 0 bridgehead atoms. The number of imidazole rings is 1. The zero-order chi connectivity index (χ0) is 14.4. The number of aliphatic hydroxyl groups excluding tert-OH is 3. The molecule has 1 aliphatic carbocycles. The molecule has 0 unspecified atom stereocenters. The number of hydrogen-bond donors (Lipinski definition) is 4. The van der Waals surface area contributed by atoms with E-state index in [1.54, 1.807) is 10.6 Å². The second-order valence-electron chi connectivity index (χ2n) is 4.85. The lowest BCUT2D eigenvalue weighted by atomic mass is 10.1. The van der Waals surface area contributed by atoms with E-state index in [1.165, 1.54) is 19.6 Å². The van der Waals surface area contributed by atoms with Gasteiger partial charge in [0.2, 0.25) is 0 Å². The Morgan fingerprint density at radius 2 is 2.05 bits per heavy atom. The highest BCUT2D eigenvalue weighted by Gasteiger charge is 2.38. The molecule has 2 aromatic rings. The molecule has 0 spiro atoms. The van der Waals surface area contributed by atoms with E-state index in [4.69, 9.17) is 5.73 Å². The van der Waals surface area contributed by atoms with Gasteiger partial charge < -0.3 is 25.6 Å². The van der Waals surface area contributed by atoms with Gasteiger partial charge in [0.1, 0.15) is 24.1 Å². The van der Waals surface area contributed by atoms with Gasteiger partial charge in [-0.25, -0.2) is 15.0 Å². The first-order chi connectivity index (χ1) is 9.50. The zero-order valence-electron chi connectivity index (χ0n) is 10.7. The number of anilines is 1. The summed E-state index contributed by atoms with van der Waals surface area (Å²) < 4.78 is 1.61. The van der Waals surface area contributed by atoms with Crippen LogP contribution in [0.2, 0.25) is 0 Å². The maximum atomic E-state index is 10.1. The second kappa shape index (κ2) is 4.51. The van der Waals surface area contributed by atoms with Gasteiger partial charge in [0.15, 0.2) is 11.5 Å². The first kappa shape index (κ1) is 13.0. The van der Waals surface area contributed by atoms with E-state index in [1.807, 2.05) is 0 Å². The molecule has 2 aromatic heterocycles. The maximum Gasteiger partial charge on any atom is 0.166 e. The van der Waals surface area contributed by atoms with Gasteiger partial charge >= 0.3 is 0 Å². The van der Waals surface area contributed by atoms with Crippen molar-refractivity contribution in [2.75, 3.05) is 5.73 Å². The van der Waals surface area contributed by atoms with Gasteiger partial charge in [-0.15, -0.1) is 0 Å². The third kappa shape index (κ3) is 1.77. The third-order valence-corrected chi connectivity index (χ3v) is 3.57. The zero-order valence-corrected chi connectivity index (χ0v) is 10.7. The number of aromatic nitrogens is 4. The maximum absolute atomic E-state index is 10.1. The largest absolute Gasteiger partial charge is 0.389 e. The fourth-order valence-corrected chi connectivity index (χ4v) is 2.50. The van der Waals surface area contributed by atoms with Gasteiger partial charge in [-0.3, -0.25) is 0 Å². The molecule has 0 saturated carbocycles. The van der Waals surface area contributed by atoms with E-state index in [9.17, 15) is 15.3 Å². The Morgan fingerprint density at radius 1 is 1.30 bits per heavy atom. The molecule has 5 N–H and O–H groups in total. The number of aliphatic hydroxyl groups is 3. The first-order valence-corrected chi connectivity index (χ1v) is 6.19. The summed E-state index contributed by atoms with van der Waals surface area (Å²) in [7, 11) is 0. The summed E-state index contributed by atoms with van der Waals surface area (Å²) >= 11 is 0. The molecule has 0 aromatic carbocycles. The van der Waals surface area contributed by atoms with Gasteiger partial charge in [0.05, 0.1) is 18.5 Å². The lowest BCUT2D eigenvalue weighted by Gasteiger charge is -2.19. The highest BCUT2D eigenvalue weighted by Crippen LogP contribution is 2.33. The van der Waals surface area contributed by atoms with Crippen LogP contribution in [0.1, 0.15) is 13.0 Å². The van der Waals surface area contributed by atoms with Crippen LogP contribution in [0.25, 0.3) is 11.2 Å². The van der Waals surface area contributed by atoms with Crippen molar-refractivity contribution in [3.05, 3.63) is 24.3 Å². The molecule has 2 heterocycles. The number of nitrogens with zero attached hydrogens (tertiary/aromatic N) is 4. The molecule has 20 heavy (non-hydrogen) atoms. The predicted molar refractivity (Wildman–Crippen MR) is 70.5 cm³/mol. The van der Waals surface area contributed by atoms with Crippen LogP contribution < -0.4 is 5.73 Å². The molecule has 8 heteroatoms. The molecular weight excluding hydrogens is 262 g/mol. The lowest BCUT2D eigenvalue weighted by molar-refractivity contribution is 0.0237. The Balaban J connectivity index is 2.10. The van der Waals surface area contributed by atoms with Crippen LogP contribution in [0.5, 0.6) is 0 Å². The van der Waals surface area contributed by atoms with E-state index < -0.39 is 24.4 Å². The number of rotatable bonds is 2. The molecule has 0 fully saturated rings. The second-order valence-corrected chi connectivity index (χ2v) is 4.85. The van der Waals surface area contributed by atoms with E-state index in [2.05, 4.69) is 15.0 Å². The minimum absolute atomic E-state index is 0.251. The van der Waals surface area contributed by atoms with Crippen LogP contribution >= 0.6 is 0 Å². The average molecular weight is 277 g/mol. The molecule has 0 aliphatic heterocycles. The van der Waals surface area contributed by atoms with E-state index in [0.717, 1.165) is 0 Å². The average Bonchev–Trinajstić information content (AvgIpc) is 2.94. The van der Waals surface area contributed by atoms with Crippen molar-refractivity contribution >= 4 is 17.0 Å². The van der Waals surface area contributed by atoms with E-state index in [-0.39, 0.29) is 5.82 Å². The molecule has 1 aliphatic rings. The number of nitrogen functional groups attached to an aromatic ring is 1. The van der Waals surface area contributed by atoms with Crippen molar-refractivity contribution < 1.29 is 15.3 Å². The Bertz CT molecular complexity index is 681. The molecule has 8 nitrogen and oxygen atoms in total. The SMILES string of the molecule is C[C@@H](O)C1=C[C@@H](n2cnc3c(N)ncnc32)[C@H](O)[C@@H]1O. The summed E-state index contributed by atoms with van der Waals surface area (Å²) in [6.45, 7) is 1.54. The molecule has 0 radical (unpaired) electrons. The topological polar surface area (TPSA) is 130 Å². The number of fused-ring (bicyclic) bond motifs is 1. The van der Waals surface area contributed by atoms with E-state index in [0.29, 0.717) is 16.7 Å². The number of nitrogens with two attached hydrogens (primary N) is 1. The van der Waals surface area contributed by atoms with Gasteiger partial charge in [0, 0.05) is 0 Å². The van der Waals surface area contributed by atoms with Gasteiger partial charge in [0.25, 0.3) is 0 Å². The van der Waals surface area contributed by atoms with Crippen LogP contribution in [0.3, 0.4) is 0 Å². The highest BCUT2D eigenvalue weighted by atomic mass is 16.3. The predicted octanol–water partition coefficient (Wildman–Crippen LogP) is -1.01. The van der Waals surface area contributed by atoms with Crippen LogP contribution in [-0.4, -0.2) is 53.2 Å². The minimum Gasteiger partial charge on any atom is -0.389 e. The summed E-state index contributed by atoms with van der Waals surface area (Å²) in [5, 5.41) is 29.7. The fourth-order valence-electron chi connectivity index (χ4n) is 2.50. The summed E-state index contributed by atoms with van der Waals surface area (Å²) in [6, 6.07) is -0.561. The van der Waals surface area contributed by atoms with Crippen molar-refractivity contribution in [3.8, 4) is 0 Å². The molecule has 0 amide bonds. The summed E-state index contributed by atoms with van der Waals surface area (Å²) in [5.74, 6) is 0.251. The Labute approximate surface area is 114 Å². The van der Waals surface area contributed by atoms with Crippen molar-refractivity contribution in [2.24, 2.45) is 0 Å². The van der Waals surface area contributed by atoms with Crippen LogP contribution in [0.15, 0.2) is 24.3 Å².